The summed E-state index contributed by atoms with van der Waals surface area (Å²) < 4.78 is 5.09. The van der Waals surface area contributed by atoms with Gasteiger partial charge in [-0.15, -0.1) is 23.1 Å². The number of esters is 1. The van der Waals surface area contributed by atoms with Gasteiger partial charge < -0.3 is 20.7 Å². The van der Waals surface area contributed by atoms with Crippen LogP contribution in [-0.4, -0.2) is 36.6 Å². The number of thiophene rings is 1. The number of methoxy groups -OCH3 is 1. The number of nitrogens with one attached hydrogen (secondary N) is 3. The van der Waals surface area contributed by atoms with E-state index in [2.05, 4.69) is 16.0 Å². The summed E-state index contributed by atoms with van der Waals surface area (Å²) in [7, 11) is 1.36. The number of hydrogen-bond donors (Lipinski definition) is 3. The van der Waals surface area contributed by atoms with Crippen LogP contribution in [0.2, 0.25) is 0 Å². The van der Waals surface area contributed by atoms with Gasteiger partial charge in [-0.25, -0.2) is 4.79 Å². The molecule has 52 heavy (non-hydrogen) atoms. The van der Waals surface area contributed by atoms with Crippen molar-refractivity contribution in [1.82, 2.24) is 5.32 Å². The summed E-state index contributed by atoms with van der Waals surface area (Å²) in [6, 6.07) is 33.6. The molecule has 1 aromatic heterocycles. The van der Waals surface area contributed by atoms with Crippen LogP contribution in [-0.2, 0) is 27.2 Å². The van der Waals surface area contributed by atoms with E-state index in [-0.39, 0.29) is 17.4 Å². The molecule has 0 bridgehead atoms. The monoisotopic (exact) mass is 729 g/mol. The lowest BCUT2D eigenvalue weighted by Crippen LogP contribution is -2.30. The van der Waals surface area contributed by atoms with Crippen LogP contribution < -0.4 is 16.0 Å². The molecule has 0 saturated heterocycles. The Morgan fingerprint density at radius 1 is 0.769 bits per heavy atom. The van der Waals surface area contributed by atoms with Crippen LogP contribution >= 0.6 is 23.1 Å². The standard InChI is InChI=1S/C42H39N3O5S2/c1-50-42(49)38-34-19-10-2-3-11-20-36(34)52-41(38)45-37(46)27-51-33-18-12-17-32(26-33)43-40(48)35(44-39(47)31-15-8-5-9-16-31)25-28-21-23-30(24-22-28)29-13-6-4-7-14-29/h4-9,12-18,21-26H,2-3,10-11,19-20,27H2,1H3,(H,43,48)(H,44,47)(H,45,46)/b35-25+. The fourth-order valence-corrected chi connectivity index (χ4v) is 8.06. The maximum absolute atomic E-state index is 13.7. The van der Waals surface area contributed by atoms with Crippen LogP contribution in [0.25, 0.3) is 17.2 Å². The molecule has 1 heterocycles. The number of ether oxygens (including phenoxy) is 1. The number of benzene rings is 4. The van der Waals surface area contributed by atoms with Gasteiger partial charge in [0.1, 0.15) is 10.7 Å². The molecule has 0 radical (unpaired) electrons. The highest BCUT2D eigenvalue weighted by atomic mass is 32.2. The Morgan fingerprint density at radius 2 is 1.46 bits per heavy atom. The Hall–Kier alpha value is -5.45. The Kier molecular flexibility index (Phi) is 12.3. The molecule has 3 N–H and O–H groups in total. The molecule has 0 unspecified atom stereocenters. The van der Waals surface area contributed by atoms with E-state index in [1.54, 1.807) is 48.5 Å². The Labute approximate surface area is 311 Å². The molecule has 0 aliphatic heterocycles. The molecule has 264 valence electrons. The number of amides is 3. The topological polar surface area (TPSA) is 114 Å². The van der Waals surface area contributed by atoms with Gasteiger partial charge in [-0.2, -0.15) is 0 Å². The molecule has 0 spiro atoms. The molecule has 10 heteroatoms. The van der Waals surface area contributed by atoms with E-state index < -0.39 is 17.8 Å². The van der Waals surface area contributed by atoms with Crippen LogP contribution in [0.3, 0.4) is 0 Å². The Balaban J connectivity index is 1.14. The average molecular weight is 730 g/mol. The fourth-order valence-electron chi connectivity index (χ4n) is 6.01. The normalized spacial score (nSPS) is 12.8. The minimum absolute atomic E-state index is 0.0743. The number of rotatable bonds is 11. The van der Waals surface area contributed by atoms with Crippen molar-refractivity contribution in [3.8, 4) is 11.1 Å². The summed E-state index contributed by atoms with van der Waals surface area (Å²) in [5, 5.41) is 9.19. The number of anilines is 2. The molecular weight excluding hydrogens is 691 g/mol. The van der Waals surface area contributed by atoms with E-state index >= 15 is 0 Å². The molecule has 3 amide bonds. The van der Waals surface area contributed by atoms with Crippen molar-refractivity contribution in [1.29, 1.82) is 0 Å². The lowest BCUT2D eigenvalue weighted by molar-refractivity contribution is -0.114. The first-order valence-corrected chi connectivity index (χ1v) is 19.0. The van der Waals surface area contributed by atoms with Gasteiger partial charge in [0.05, 0.1) is 18.4 Å². The van der Waals surface area contributed by atoms with Crippen LogP contribution in [0, 0.1) is 0 Å². The van der Waals surface area contributed by atoms with Crippen molar-refractivity contribution >= 4 is 63.6 Å². The van der Waals surface area contributed by atoms with E-state index in [1.165, 1.54) is 30.2 Å². The van der Waals surface area contributed by atoms with Gasteiger partial charge in [0.15, 0.2) is 0 Å². The molecule has 5 aromatic rings. The Morgan fingerprint density at radius 3 is 2.19 bits per heavy atom. The number of thioether (sulfide) groups is 1. The third-order valence-corrected chi connectivity index (χ3v) is 10.8. The van der Waals surface area contributed by atoms with Gasteiger partial charge in [0.2, 0.25) is 5.91 Å². The van der Waals surface area contributed by atoms with E-state index in [0.29, 0.717) is 21.8 Å². The maximum atomic E-state index is 13.7. The predicted molar refractivity (Wildman–Crippen MR) is 210 cm³/mol. The first kappa shape index (κ1) is 36.3. The summed E-state index contributed by atoms with van der Waals surface area (Å²) in [4.78, 5) is 54.6. The fraction of sp³-hybridized carbons (Fsp3) is 0.190. The van der Waals surface area contributed by atoms with Gasteiger partial charge >= 0.3 is 5.97 Å². The summed E-state index contributed by atoms with van der Waals surface area (Å²) in [6.07, 6.45) is 7.67. The second-order valence-electron chi connectivity index (χ2n) is 12.3. The number of carbonyl (C=O) groups is 4. The zero-order valence-corrected chi connectivity index (χ0v) is 30.4. The summed E-state index contributed by atoms with van der Waals surface area (Å²) >= 11 is 2.78. The van der Waals surface area contributed by atoms with E-state index in [0.717, 1.165) is 70.6 Å². The summed E-state index contributed by atoms with van der Waals surface area (Å²) in [5.41, 5.74) is 5.32. The second kappa shape index (κ2) is 17.7. The first-order valence-electron chi connectivity index (χ1n) is 17.2. The molecule has 8 nitrogen and oxygen atoms in total. The molecular formula is C42H39N3O5S2. The van der Waals surface area contributed by atoms with E-state index in [9.17, 15) is 19.2 Å². The molecule has 0 fully saturated rings. The number of fused-ring (bicyclic) bond motifs is 1. The lowest BCUT2D eigenvalue weighted by atomic mass is 9.96. The molecule has 1 aliphatic rings. The minimum atomic E-state index is -0.500. The summed E-state index contributed by atoms with van der Waals surface area (Å²) in [6.45, 7) is 0. The van der Waals surface area contributed by atoms with Crippen molar-refractivity contribution < 1.29 is 23.9 Å². The first-order chi connectivity index (χ1) is 25.4. The highest BCUT2D eigenvalue weighted by Crippen LogP contribution is 2.38. The molecule has 6 rings (SSSR count). The number of carbonyl (C=O) groups excluding carboxylic acids is 4. The number of hydrogen-bond acceptors (Lipinski definition) is 7. The van der Waals surface area contributed by atoms with Gasteiger partial charge in [0, 0.05) is 21.0 Å². The van der Waals surface area contributed by atoms with Crippen molar-refractivity contribution in [3.63, 3.8) is 0 Å². The minimum Gasteiger partial charge on any atom is -0.465 e. The summed E-state index contributed by atoms with van der Waals surface area (Å²) in [5.74, 6) is -1.49. The second-order valence-corrected chi connectivity index (χ2v) is 14.5. The van der Waals surface area contributed by atoms with Crippen molar-refractivity contribution in [2.75, 3.05) is 23.5 Å². The molecule has 0 atom stereocenters. The highest BCUT2D eigenvalue weighted by molar-refractivity contribution is 8.00. The Bertz CT molecular complexity index is 2080. The van der Waals surface area contributed by atoms with Crippen LogP contribution in [0.4, 0.5) is 10.7 Å². The van der Waals surface area contributed by atoms with Crippen molar-refractivity contribution in [2.24, 2.45) is 0 Å². The predicted octanol–water partition coefficient (Wildman–Crippen LogP) is 9.00. The SMILES string of the molecule is COC(=O)c1c(NC(=O)CSc2cccc(NC(=O)/C(=C\c3ccc(-c4ccccc4)cc3)NC(=O)c3ccccc3)c2)sc2c1CCCCCC2. The lowest BCUT2D eigenvalue weighted by Gasteiger charge is -2.12. The van der Waals surface area contributed by atoms with Crippen LogP contribution in [0.15, 0.2) is 120 Å². The van der Waals surface area contributed by atoms with E-state index in [4.69, 9.17) is 4.74 Å². The molecule has 0 saturated carbocycles. The van der Waals surface area contributed by atoms with Crippen LogP contribution in [0.5, 0.6) is 0 Å². The van der Waals surface area contributed by atoms with Gasteiger partial charge in [-0.3, -0.25) is 14.4 Å². The quantitative estimate of drug-likeness (QED) is 0.0711. The third kappa shape index (κ3) is 9.45. The van der Waals surface area contributed by atoms with Crippen molar-refractivity contribution in [3.05, 3.63) is 142 Å². The van der Waals surface area contributed by atoms with Crippen molar-refractivity contribution in [2.45, 2.75) is 43.4 Å². The highest BCUT2D eigenvalue weighted by Gasteiger charge is 2.26. The molecule has 1 aliphatic carbocycles. The largest absolute Gasteiger partial charge is 0.465 e. The van der Waals surface area contributed by atoms with Gasteiger partial charge in [-0.05, 0) is 84.3 Å². The zero-order chi connectivity index (χ0) is 36.3. The average Bonchev–Trinajstić information content (AvgIpc) is 3.49. The zero-order valence-electron chi connectivity index (χ0n) is 28.8. The van der Waals surface area contributed by atoms with Crippen LogP contribution in [0.1, 0.15) is 62.4 Å². The molecule has 4 aromatic carbocycles. The maximum Gasteiger partial charge on any atom is 0.341 e. The third-order valence-electron chi connectivity index (χ3n) is 8.63. The van der Waals surface area contributed by atoms with Gasteiger partial charge in [0.25, 0.3) is 11.8 Å². The van der Waals surface area contributed by atoms with Gasteiger partial charge in [-0.1, -0.05) is 91.7 Å². The van der Waals surface area contributed by atoms with E-state index in [1.807, 2.05) is 66.7 Å². The smallest absolute Gasteiger partial charge is 0.341 e. The number of aryl methyl sites for hydroxylation is 1.